The van der Waals surface area contributed by atoms with Gasteiger partial charge in [-0.3, -0.25) is 19.3 Å². The van der Waals surface area contributed by atoms with Crippen LogP contribution in [0.1, 0.15) is 35.9 Å². The van der Waals surface area contributed by atoms with Gasteiger partial charge in [-0.1, -0.05) is 49.1 Å². The lowest BCUT2D eigenvalue weighted by molar-refractivity contribution is 0.0643. The van der Waals surface area contributed by atoms with Crippen LogP contribution in [0.5, 0.6) is 11.5 Å². The largest absolute Gasteiger partial charge is 0.502 e. The Morgan fingerprint density at radius 1 is 1.26 bits per heavy atom. The van der Waals surface area contributed by atoms with Crippen molar-refractivity contribution in [2.75, 3.05) is 18.3 Å². The third kappa shape index (κ3) is 4.03. The van der Waals surface area contributed by atoms with Crippen LogP contribution >= 0.6 is 0 Å². The van der Waals surface area contributed by atoms with Crippen molar-refractivity contribution in [3.8, 4) is 11.5 Å². The number of hydrogen-bond acceptors (Lipinski definition) is 5. The van der Waals surface area contributed by atoms with Crippen molar-refractivity contribution in [2.24, 2.45) is 0 Å². The number of hydrogen-bond donors (Lipinski definition) is 1. The summed E-state index contributed by atoms with van der Waals surface area (Å²) in [7, 11) is 0. The molecule has 3 heterocycles. The molecule has 2 aliphatic heterocycles. The molecule has 1 amide bonds. The molecule has 176 valence electrons. The summed E-state index contributed by atoms with van der Waals surface area (Å²) < 4.78 is 22.2. The van der Waals surface area contributed by atoms with Gasteiger partial charge >= 0.3 is 0 Å². The summed E-state index contributed by atoms with van der Waals surface area (Å²) in [5.74, 6) is -1.58. The molecule has 34 heavy (non-hydrogen) atoms. The topological polar surface area (TPSA) is 75.0 Å². The van der Waals surface area contributed by atoms with E-state index in [0.717, 1.165) is 0 Å². The molecule has 0 saturated heterocycles. The van der Waals surface area contributed by atoms with Gasteiger partial charge in [-0.15, -0.1) is 0 Å². The van der Waals surface area contributed by atoms with Gasteiger partial charge in [-0.25, -0.2) is 4.39 Å². The van der Waals surface area contributed by atoms with Crippen LogP contribution in [0.2, 0.25) is 0 Å². The van der Waals surface area contributed by atoms with E-state index in [9.17, 15) is 19.1 Å². The number of rotatable bonds is 3. The van der Waals surface area contributed by atoms with Crippen molar-refractivity contribution in [2.45, 2.75) is 25.9 Å². The van der Waals surface area contributed by atoms with E-state index in [-0.39, 0.29) is 30.8 Å². The molecule has 0 radical (unpaired) electrons. The Bertz CT molecular complexity index is 1280. The molecule has 2 atom stereocenters. The molecule has 7 nitrogen and oxygen atoms in total. The predicted molar refractivity (Wildman–Crippen MR) is 128 cm³/mol. The molecule has 0 saturated carbocycles. The number of aromatic hydroxyl groups is 1. The second-order valence-corrected chi connectivity index (χ2v) is 8.08. The van der Waals surface area contributed by atoms with E-state index in [1.54, 1.807) is 35.4 Å². The fraction of sp³-hybridized carbons (Fsp3) is 0.231. The van der Waals surface area contributed by atoms with Crippen molar-refractivity contribution >= 4 is 5.91 Å². The number of amides is 1. The molecule has 8 heteroatoms. The molecule has 2 aromatic rings. The molecule has 2 bridgehead atoms. The highest BCUT2D eigenvalue weighted by Crippen LogP contribution is 2.38. The lowest BCUT2D eigenvalue weighted by Crippen LogP contribution is -2.57. The lowest BCUT2D eigenvalue weighted by Gasteiger charge is -2.45. The van der Waals surface area contributed by atoms with E-state index < -0.39 is 28.9 Å². The van der Waals surface area contributed by atoms with E-state index in [4.69, 9.17) is 4.74 Å². The number of benzene rings is 1. The summed E-state index contributed by atoms with van der Waals surface area (Å²) in [6.45, 7) is 8.13. The molecule has 1 N–H and O–H groups in total. The van der Waals surface area contributed by atoms with Gasteiger partial charge in [0.1, 0.15) is 19.3 Å². The van der Waals surface area contributed by atoms with Gasteiger partial charge in [0.15, 0.2) is 23.0 Å². The van der Waals surface area contributed by atoms with Gasteiger partial charge in [0.05, 0.1) is 0 Å². The second-order valence-electron chi connectivity index (χ2n) is 8.08. The first kappa shape index (κ1) is 23.1. The summed E-state index contributed by atoms with van der Waals surface area (Å²) in [4.78, 5) is 27.1. The Hall–Kier alpha value is -4.07. The summed E-state index contributed by atoms with van der Waals surface area (Å²) in [6.07, 6.45) is 12.2. The fourth-order valence-corrected chi connectivity index (χ4v) is 4.19. The zero-order valence-corrected chi connectivity index (χ0v) is 19.0. The summed E-state index contributed by atoms with van der Waals surface area (Å²) >= 11 is 0. The zero-order chi connectivity index (χ0) is 24.4. The monoisotopic (exact) mass is 463 g/mol. The molecule has 0 fully saturated rings. The maximum atomic E-state index is 15.0. The molecule has 1 aromatic carbocycles. The number of carbonyl (C=O) groups is 1. The minimum atomic E-state index is -0.686. The number of fused-ring (bicyclic) bond motifs is 5. The Kier molecular flexibility index (Phi) is 6.40. The average molecular weight is 464 g/mol. The first-order valence-electron chi connectivity index (χ1n) is 10.9. The van der Waals surface area contributed by atoms with E-state index in [2.05, 4.69) is 6.58 Å². The van der Waals surface area contributed by atoms with Crippen molar-refractivity contribution in [3.63, 3.8) is 0 Å². The number of halogens is 1. The molecule has 0 spiro atoms. The van der Waals surface area contributed by atoms with Gasteiger partial charge in [-0.2, -0.15) is 0 Å². The SMILES string of the molecule is C=C(/C=C\C=C/C)[C@@H]1c2cccc(F)c2OC/C=C/[C@@H](C)N2CN1n1ccc(=O)c(O)c1C2=O. The van der Waals surface area contributed by atoms with Crippen LogP contribution in [0.4, 0.5) is 4.39 Å². The highest BCUT2D eigenvalue weighted by atomic mass is 19.1. The minimum absolute atomic E-state index is 0.0718. The van der Waals surface area contributed by atoms with E-state index in [0.29, 0.717) is 11.1 Å². The van der Waals surface area contributed by atoms with Crippen LogP contribution in [0, 0.1) is 5.82 Å². The highest BCUT2D eigenvalue weighted by molar-refractivity contribution is 5.96. The normalized spacial score (nSPS) is 21.1. The first-order valence-corrected chi connectivity index (χ1v) is 10.9. The Labute approximate surface area is 197 Å². The van der Waals surface area contributed by atoms with Crippen LogP contribution in [0.25, 0.3) is 0 Å². The van der Waals surface area contributed by atoms with Gasteiger partial charge < -0.3 is 14.7 Å². The molecular weight excluding hydrogens is 437 g/mol. The van der Waals surface area contributed by atoms with E-state index in [1.165, 1.54) is 27.9 Å². The number of nitrogens with zero attached hydrogens (tertiary/aromatic N) is 3. The van der Waals surface area contributed by atoms with Gasteiger partial charge in [0, 0.05) is 23.9 Å². The maximum Gasteiger partial charge on any atom is 0.278 e. The molecule has 4 rings (SSSR count). The molecule has 2 aliphatic rings. The van der Waals surface area contributed by atoms with Crippen molar-refractivity contribution in [3.05, 3.63) is 106 Å². The minimum Gasteiger partial charge on any atom is -0.502 e. The quantitative estimate of drug-likeness (QED) is 0.554. The maximum absolute atomic E-state index is 15.0. The lowest BCUT2D eigenvalue weighted by atomic mass is 9.97. The smallest absolute Gasteiger partial charge is 0.278 e. The zero-order valence-electron chi connectivity index (χ0n) is 19.0. The predicted octanol–water partition coefficient (Wildman–Crippen LogP) is 3.81. The number of para-hydroxylation sites is 1. The molecule has 1 aromatic heterocycles. The summed E-state index contributed by atoms with van der Waals surface area (Å²) in [6, 6.07) is 4.76. The fourth-order valence-electron chi connectivity index (χ4n) is 4.19. The second kappa shape index (κ2) is 9.43. The van der Waals surface area contributed by atoms with Crippen LogP contribution in [-0.4, -0.2) is 39.9 Å². The third-order valence-electron chi connectivity index (χ3n) is 5.88. The van der Waals surface area contributed by atoms with Crippen LogP contribution < -0.4 is 15.2 Å². The van der Waals surface area contributed by atoms with E-state index in [1.807, 2.05) is 32.1 Å². The Morgan fingerprint density at radius 3 is 2.82 bits per heavy atom. The number of carbonyl (C=O) groups excluding carboxylic acids is 1. The van der Waals surface area contributed by atoms with Crippen molar-refractivity contribution < 1.29 is 19.0 Å². The average Bonchev–Trinajstić information content (AvgIpc) is 2.83. The van der Waals surface area contributed by atoms with Gasteiger partial charge in [0.2, 0.25) is 5.43 Å². The summed E-state index contributed by atoms with van der Waals surface area (Å²) in [5.41, 5.74) is 0.266. The third-order valence-corrected chi connectivity index (χ3v) is 5.88. The first-order chi connectivity index (χ1) is 16.3. The van der Waals surface area contributed by atoms with Crippen LogP contribution in [-0.2, 0) is 0 Å². The highest BCUT2D eigenvalue weighted by Gasteiger charge is 2.39. The number of aromatic nitrogens is 1. The number of ether oxygens (including phenoxy) is 1. The molecular formula is C26H26FN3O4. The van der Waals surface area contributed by atoms with Crippen molar-refractivity contribution in [1.82, 2.24) is 9.58 Å². The molecule has 0 aliphatic carbocycles. The number of allylic oxidation sites excluding steroid dienone is 3. The van der Waals surface area contributed by atoms with Crippen molar-refractivity contribution in [1.29, 1.82) is 0 Å². The van der Waals surface area contributed by atoms with Gasteiger partial charge in [0.25, 0.3) is 5.91 Å². The van der Waals surface area contributed by atoms with Crippen LogP contribution in [0.15, 0.2) is 83.9 Å². The standard InChI is InChI=1S/C26H26FN3O4/c1-4-5-6-9-17(2)22-19-11-7-12-20(27)25(19)34-15-8-10-18(3)28-16-30(22)29-14-13-21(31)24(32)23(29)26(28)33/h4-14,18,22,32H,2,15-16H2,1,3H3/b5-4-,9-6-,10-8+/t18-,22-/m1/s1. The van der Waals surface area contributed by atoms with E-state index >= 15 is 0 Å². The summed E-state index contributed by atoms with van der Waals surface area (Å²) in [5, 5.41) is 12.3. The number of pyridine rings is 1. The Balaban J connectivity index is 2.02. The van der Waals surface area contributed by atoms with Gasteiger partial charge in [-0.05, 0) is 31.6 Å². The Morgan fingerprint density at radius 2 is 2.06 bits per heavy atom. The van der Waals surface area contributed by atoms with Crippen LogP contribution in [0.3, 0.4) is 0 Å². The molecule has 0 unspecified atom stereocenters.